The number of nitriles is 1. The highest BCUT2D eigenvalue weighted by atomic mass is 79.9. The normalized spacial score (nSPS) is 8.90. The molecule has 1 aromatic heterocycles. The number of aromatic nitrogens is 1. The third-order valence-electron chi connectivity index (χ3n) is 0.958. The van der Waals surface area contributed by atoms with E-state index in [-0.39, 0.29) is 10.0 Å². The Morgan fingerprint density at radius 3 is 2.80 bits per heavy atom. The minimum absolute atomic E-state index is 0.171. The molecule has 1 rings (SSSR count). The van der Waals surface area contributed by atoms with Crippen molar-refractivity contribution >= 4 is 15.9 Å². The number of pyridine rings is 1. The van der Waals surface area contributed by atoms with Gasteiger partial charge < -0.3 is 0 Å². The van der Waals surface area contributed by atoms with E-state index in [9.17, 15) is 4.39 Å². The number of hydrogen-bond acceptors (Lipinski definition) is 2. The first-order chi connectivity index (χ1) is 4.75. The Morgan fingerprint density at radius 2 is 2.30 bits per heavy atom. The Balaban J connectivity index is 3.31. The van der Waals surface area contributed by atoms with Crippen LogP contribution in [0.25, 0.3) is 0 Å². The van der Waals surface area contributed by atoms with E-state index in [1.54, 1.807) is 6.07 Å². The van der Waals surface area contributed by atoms with Crippen LogP contribution in [0, 0.1) is 17.1 Å². The molecule has 0 aliphatic rings. The third-order valence-corrected chi connectivity index (χ3v) is 1.76. The summed E-state index contributed by atoms with van der Waals surface area (Å²) in [5.41, 5.74) is 0.208. The van der Waals surface area contributed by atoms with Crippen molar-refractivity contribution in [3.05, 3.63) is 28.2 Å². The van der Waals surface area contributed by atoms with Crippen LogP contribution in [0.2, 0.25) is 0 Å². The molecule has 0 bridgehead atoms. The van der Waals surface area contributed by atoms with Gasteiger partial charge in [-0.3, -0.25) is 4.98 Å². The molecule has 2 nitrogen and oxygen atoms in total. The van der Waals surface area contributed by atoms with Crippen LogP contribution in [-0.2, 0) is 0 Å². The third kappa shape index (κ3) is 1.14. The summed E-state index contributed by atoms with van der Waals surface area (Å²) in [6, 6.07) is 1.79. The number of halogens is 2. The summed E-state index contributed by atoms with van der Waals surface area (Å²) in [6.07, 6.45) is 2.35. The molecule has 10 heavy (non-hydrogen) atoms. The average molecular weight is 201 g/mol. The molecular weight excluding hydrogens is 199 g/mol. The minimum atomic E-state index is -0.515. The lowest BCUT2D eigenvalue weighted by Crippen LogP contribution is -1.84. The predicted octanol–water partition coefficient (Wildman–Crippen LogP) is 1.85. The molecule has 0 saturated heterocycles. The second-order valence-corrected chi connectivity index (χ2v) is 2.39. The Morgan fingerprint density at radius 1 is 1.60 bits per heavy atom. The van der Waals surface area contributed by atoms with Crippen LogP contribution in [-0.4, -0.2) is 4.98 Å². The zero-order valence-corrected chi connectivity index (χ0v) is 6.39. The van der Waals surface area contributed by atoms with Crippen LogP contribution >= 0.6 is 15.9 Å². The van der Waals surface area contributed by atoms with Crippen molar-refractivity contribution in [2.75, 3.05) is 0 Å². The van der Waals surface area contributed by atoms with Gasteiger partial charge in [0.05, 0.1) is 16.2 Å². The van der Waals surface area contributed by atoms with E-state index in [4.69, 9.17) is 5.26 Å². The van der Waals surface area contributed by atoms with Gasteiger partial charge in [-0.05, 0) is 15.9 Å². The van der Waals surface area contributed by atoms with Gasteiger partial charge in [0.1, 0.15) is 6.07 Å². The van der Waals surface area contributed by atoms with Crippen molar-refractivity contribution in [3.63, 3.8) is 0 Å². The molecule has 0 atom stereocenters. The van der Waals surface area contributed by atoms with Crippen LogP contribution in [0.1, 0.15) is 5.56 Å². The highest BCUT2D eigenvalue weighted by Crippen LogP contribution is 2.17. The molecule has 0 aliphatic heterocycles. The van der Waals surface area contributed by atoms with Gasteiger partial charge in [0.15, 0.2) is 5.82 Å². The molecular formula is C6H2BrFN2. The summed E-state index contributed by atoms with van der Waals surface area (Å²) in [5.74, 6) is -0.515. The first-order valence-electron chi connectivity index (χ1n) is 2.45. The maximum absolute atomic E-state index is 12.5. The van der Waals surface area contributed by atoms with Crippen LogP contribution < -0.4 is 0 Å². The molecule has 0 aromatic carbocycles. The van der Waals surface area contributed by atoms with Gasteiger partial charge in [-0.15, -0.1) is 0 Å². The largest absolute Gasteiger partial charge is 0.260 e. The van der Waals surface area contributed by atoms with E-state index in [2.05, 4.69) is 20.9 Å². The molecule has 0 saturated carbocycles. The Hall–Kier alpha value is -0.950. The van der Waals surface area contributed by atoms with Crippen LogP contribution in [0.5, 0.6) is 0 Å². The fraction of sp³-hybridized carbons (Fsp3) is 0. The van der Waals surface area contributed by atoms with E-state index in [0.29, 0.717) is 0 Å². The van der Waals surface area contributed by atoms with Gasteiger partial charge in [-0.1, -0.05) is 0 Å². The van der Waals surface area contributed by atoms with E-state index >= 15 is 0 Å². The van der Waals surface area contributed by atoms with Crippen molar-refractivity contribution in [3.8, 4) is 6.07 Å². The molecule has 50 valence electrons. The van der Waals surface area contributed by atoms with Crippen molar-refractivity contribution in [2.45, 2.75) is 0 Å². The van der Waals surface area contributed by atoms with Gasteiger partial charge in [0, 0.05) is 6.20 Å². The molecule has 1 heterocycles. The Labute approximate surface area is 65.4 Å². The lowest BCUT2D eigenvalue weighted by atomic mass is 10.3. The zero-order chi connectivity index (χ0) is 7.56. The lowest BCUT2D eigenvalue weighted by molar-refractivity contribution is 0.614. The average Bonchev–Trinajstić information content (AvgIpc) is 1.95. The monoisotopic (exact) mass is 200 g/mol. The first-order valence-corrected chi connectivity index (χ1v) is 3.24. The smallest absolute Gasteiger partial charge is 0.156 e. The standard InChI is InChI=1S/C6H2BrFN2/c7-6-4(1-9)2-10-3-5(6)8/h2-3H. The molecule has 0 N–H and O–H groups in total. The topological polar surface area (TPSA) is 36.7 Å². The molecule has 0 aliphatic carbocycles. The molecule has 0 unspecified atom stereocenters. The fourth-order valence-corrected chi connectivity index (χ4v) is 0.791. The molecule has 0 amide bonds. The summed E-state index contributed by atoms with van der Waals surface area (Å²) < 4.78 is 12.7. The Bertz CT molecular complexity index is 292. The highest BCUT2D eigenvalue weighted by Gasteiger charge is 2.03. The number of nitrogens with zero attached hydrogens (tertiary/aromatic N) is 2. The van der Waals surface area contributed by atoms with E-state index < -0.39 is 5.82 Å². The molecule has 0 fully saturated rings. The summed E-state index contributed by atoms with van der Waals surface area (Å²) in [6.45, 7) is 0. The van der Waals surface area contributed by atoms with Crippen LogP contribution in [0.3, 0.4) is 0 Å². The second-order valence-electron chi connectivity index (χ2n) is 1.59. The van der Waals surface area contributed by atoms with Gasteiger partial charge in [0.25, 0.3) is 0 Å². The molecule has 0 radical (unpaired) electrons. The SMILES string of the molecule is N#Cc1cncc(F)c1Br. The molecule has 4 heteroatoms. The Kier molecular flexibility index (Phi) is 1.97. The van der Waals surface area contributed by atoms with E-state index in [0.717, 1.165) is 6.20 Å². The summed E-state index contributed by atoms with van der Waals surface area (Å²) in [5, 5.41) is 8.36. The van der Waals surface area contributed by atoms with Crippen LogP contribution in [0.4, 0.5) is 4.39 Å². The zero-order valence-electron chi connectivity index (χ0n) is 4.81. The van der Waals surface area contributed by atoms with Crippen molar-refractivity contribution in [2.24, 2.45) is 0 Å². The van der Waals surface area contributed by atoms with Gasteiger partial charge in [-0.2, -0.15) is 5.26 Å². The number of rotatable bonds is 0. The quantitative estimate of drug-likeness (QED) is 0.642. The highest BCUT2D eigenvalue weighted by molar-refractivity contribution is 9.10. The summed E-state index contributed by atoms with van der Waals surface area (Å²) >= 11 is 2.90. The van der Waals surface area contributed by atoms with Crippen molar-refractivity contribution < 1.29 is 4.39 Å². The second kappa shape index (κ2) is 2.76. The van der Waals surface area contributed by atoms with Crippen molar-refractivity contribution in [1.29, 1.82) is 5.26 Å². The predicted molar refractivity (Wildman–Crippen MR) is 36.6 cm³/mol. The maximum Gasteiger partial charge on any atom is 0.156 e. The summed E-state index contributed by atoms with van der Waals surface area (Å²) in [7, 11) is 0. The fourth-order valence-electron chi connectivity index (χ4n) is 0.497. The summed E-state index contributed by atoms with van der Waals surface area (Å²) in [4.78, 5) is 3.49. The minimum Gasteiger partial charge on any atom is -0.260 e. The van der Waals surface area contributed by atoms with E-state index in [1.165, 1.54) is 6.20 Å². The van der Waals surface area contributed by atoms with Crippen LogP contribution in [0.15, 0.2) is 16.9 Å². The lowest BCUT2D eigenvalue weighted by Gasteiger charge is -1.92. The van der Waals surface area contributed by atoms with E-state index in [1.807, 2.05) is 0 Å². The van der Waals surface area contributed by atoms with Crippen molar-refractivity contribution in [1.82, 2.24) is 4.98 Å². The van der Waals surface area contributed by atoms with Gasteiger partial charge in [-0.25, -0.2) is 4.39 Å². The molecule has 1 aromatic rings. The van der Waals surface area contributed by atoms with Gasteiger partial charge in [0.2, 0.25) is 0 Å². The maximum atomic E-state index is 12.5. The van der Waals surface area contributed by atoms with Gasteiger partial charge >= 0.3 is 0 Å². The number of hydrogen-bond donors (Lipinski definition) is 0. The molecule has 0 spiro atoms. The first kappa shape index (κ1) is 7.16.